The molecule has 0 spiro atoms. The average Bonchev–Trinajstić information content (AvgIpc) is 2.95. The van der Waals surface area contributed by atoms with E-state index in [1.165, 1.54) is 16.7 Å². The van der Waals surface area contributed by atoms with Gasteiger partial charge in [0.15, 0.2) is 5.58 Å². The quantitative estimate of drug-likeness (QED) is 0.643. The summed E-state index contributed by atoms with van der Waals surface area (Å²) < 4.78 is 5.56. The lowest BCUT2D eigenvalue weighted by atomic mass is 10.1. The monoisotopic (exact) mass is 319 g/mol. The normalized spacial score (nSPS) is 18.4. The van der Waals surface area contributed by atoms with Crippen molar-refractivity contribution in [2.24, 2.45) is 5.10 Å². The van der Waals surface area contributed by atoms with Gasteiger partial charge in [0.2, 0.25) is 0 Å². The van der Waals surface area contributed by atoms with E-state index in [2.05, 4.69) is 22.6 Å². The van der Waals surface area contributed by atoms with E-state index in [1.54, 1.807) is 0 Å². The summed E-state index contributed by atoms with van der Waals surface area (Å²) in [5, 5.41) is 4.72. The Kier molecular flexibility index (Phi) is 4.74. The molecule has 7 heteroatoms. The number of nitrogens with zero attached hydrogens (tertiary/aromatic N) is 2. The maximum Gasteiger partial charge on any atom is 0.257 e. The number of quaternary nitrogens is 1. The Labute approximate surface area is 133 Å². The molecule has 2 N–H and O–H groups in total. The lowest BCUT2D eigenvalue weighted by Gasteiger charge is -2.20. The Morgan fingerprint density at radius 1 is 1.41 bits per heavy atom. The number of hydrogen-bond donors (Lipinski definition) is 2. The van der Waals surface area contributed by atoms with E-state index in [0.29, 0.717) is 5.22 Å². The van der Waals surface area contributed by atoms with Crippen LogP contribution < -0.4 is 10.3 Å². The zero-order chi connectivity index (χ0) is 15.4. The molecule has 0 radical (unpaired) electrons. The van der Waals surface area contributed by atoms with Crippen molar-refractivity contribution in [1.82, 2.24) is 10.4 Å². The predicted molar refractivity (Wildman–Crippen MR) is 86.2 cm³/mol. The summed E-state index contributed by atoms with van der Waals surface area (Å²) in [6.07, 6.45) is 1.90. The number of fused-ring (bicyclic) bond motifs is 1. The molecule has 1 aliphatic rings. The Balaban J connectivity index is 1.49. The SMILES string of the molecule is C[NH+]1CCC(=NNC(=O)CSc2nc3ccccc3o2)CC1. The van der Waals surface area contributed by atoms with E-state index < -0.39 is 0 Å². The maximum atomic E-state index is 11.8. The molecule has 0 atom stereocenters. The van der Waals surface area contributed by atoms with Crippen LogP contribution in [0.5, 0.6) is 0 Å². The number of hydrazone groups is 1. The summed E-state index contributed by atoms with van der Waals surface area (Å²) >= 11 is 1.28. The van der Waals surface area contributed by atoms with Crippen LogP contribution in [-0.2, 0) is 4.79 Å². The highest BCUT2D eigenvalue weighted by Gasteiger charge is 2.15. The summed E-state index contributed by atoms with van der Waals surface area (Å²) in [6, 6.07) is 7.55. The molecule has 1 saturated heterocycles. The van der Waals surface area contributed by atoms with Crippen molar-refractivity contribution in [3.63, 3.8) is 0 Å². The molecule has 6 nitrogen and oxygen atoms in total. The van der Waals surface area contributed by atoms with Crippen molar-refractivity contribution >= 4 is 34.5 Å². The minimum Gasteiger partial charge on any atom is -0.431 e. The molecule has 1 amide bonds. The first-order chi connectivity index (χ1) is 10.7. The average molecular weight is 319 g/mol. The molecule has 116 valence electrons. The van der Waals surface area contributed by atoms with Gasteiger partial charge >= 0.3 is 0 Å². The molecule has 1 fully saturated rings. The number of amides is 1. The van der Waals surface area contributed by atoms with Crippen LogP contribution in [0.2, 0.25) is 0 Å². The maximum absolute atomic E-state index is 11.8. The van der Waals surface area contributed by atoms with E-state index >= 15 is 0 Å². The van der Waals surface area contributed by atoms with Crippen LogP contribution in [0.15, 0.2) is 39.0 Å². The van der Waals surface area contributed by atoms with Crippen LogP contribution >= 0.6 is 11.8 Å². The number of rotatable bonds is 4. The molecule has 22 heavy (non-hydrogen) atoms. The number of carbonyl (C=O) groups excluding carboxylic acids is 1. The number of nitrogens with one attached hydrogen (secondary N) is 2. The standard InChI is InChI=1S/C15H18N4O2S/c1-19-8-6-11(7-9-19)17-18-14(20)10-22-15-16-12-4-2-3-5-13(12)21-15/h2-5H,6-10H2,1H3,(H,18,20)/p+1. The smallest absolute Gasteiger partial charge is 0.257 e. The van der Waals surface area contributed by atoms with Gasteiger partial charge in [-0.2, -0.15) is 5.10 Å². The van der Waals surface area contributed by atoms with Gasteiger partial charge in [-0.25, -0.2) is 10.4 Å². The Morgan fingerprint density at radius 2 is 2.18 bits per heavy atom. The number of hydrogen-bond acceptors (Lipinski definition) is 5. The third-order valence-electron chi connectivity index (χ3n) is 3.62. The number of benzene rings is 1. The molecular formula is C15H19N4O2S+. The Bertz CT molecular complexity index is 655. The zero-order valence-corrected chi connectivity index (χ0v) is 13.3. The van der Waals surface area contributed by atoms with E-state index in [-0.39, 0.29) is 11.7 Å². The van der Waals surface area contributed by atoms with Gasteiger partial charge < -0.3 is 9.32 Å². The number of carbonyl (C=O) groups is 1. The van der Waals surface area contributed by atoms with Crippen molar-refractivity contribution in [2.75, 3.05) is 25.9 Å². The number of para-hydroxylation sites is 2. The van der Waals surface area contributed by atoms with Crippen LogP contribution in [0.25, 0.3) is 11.1 Å². The predicted octanol–water partition coefficient (Wildman–Crippen LogP) is 0.701. The van der Waals surface area contributed by atoms with Gasteiger partial charge in [0.1, 0.15) is 5.52 Å². The van der Waals surface area contributed by atoms with Crippen molar-refractivity contribution in [2.45, 2.75) is 18.1 Å². The van der Waals surface area contributed by atoms with Crippen LogP contribution in [-0.4, -0.2) is 42.5 Å². The third-order valence-corrected chi connectivity index (χ3v) is 4.45. The van der Waals surface area contributed by atoms with E-state index in [9.17, 15) is 4.79 Å². The number of thioether (sulfide) groups is 1. The lowest BCUT2D eigenvalue weighted by Crippen LogP contribution is -3.10. The summed E-state index contributed by atoms with van der Waals surface area (Å²) in [6.45, 7) is 2.15. The van der Waals surface area contributed by atoms with E-state index in [4.69, 9.17) is 4.42 Å². The van der Waals surface area contributed by atoms with Gasteiger partial charge in [0.25, 0.3) is 11.1 Å². The largest absolute Gasteiger partial charge is 0.431 e. The molecule has 0 aliphatic carbocycles. The molecule has 3 rings (SSSR count). The topological polar surface area (TPSA) is 71.9 Å². The summed E-state index contributed by atoms with van der Waals surface area (Å²) in [7, 11) is 2.17. The second-order valence-electron chi connectivity index (χ2n) is 5.41. The molecule has 0 saturated carbocycles. The summed E-state index contributed by atoms with van der Waals surface area (Å²) in [4.78, 5) is 17.7. The highest BCUT2D eigenvalue weighted by Crippen LogP contribution is 2.22. The van der Waals surface area contributed by atoms with Crippen LogP contribution in [0, 0.1) is 0 Å². The fraction of sp³-hybridized carbons (Fsp3) is 0.400. The van der Waals surface area contributed by atoms with Gasteiger partial charge in [-0.15, -0.1) is 0 Å². The molecule has 0 bridgehead atoms. The molecule has 2 aromatic rings. The molecule has 0 unspecified atom stereocenters. The second-order valence-corrected chi connectivity index (χ2v) is 6.33. The summed E-state index contributed by atoms with van der Waals surface area (Å²) in [5.41, 5.74) is 5.24. The highest BCUT2D eigenvalue weighted by atomic mass is 32.2. The van der Waals surface area contributed by atoms with Crippen molar-refractivity contribution in [3.8, 4) is 0 Å². The first-order valence-corrected chi connectivity index (χ1v) is 8.33. The van der Waals surface area contributed by atoms with Crippen LogP contribution in [0.3, 0.4) is 0 Å². The van der Waals surface area contributed by atoms with E-state index in [1.807, 2.05) is 24.3 Å². The Hall–Kier alpha value is -1.86. The number of likely N-dealkylation sites (tertiary alicyclic amines) is 1. The first kappa shape index (κ1) is 15.1. The molecule has 1 aromatic carbocycles. The summed E-state index contributed by atoms with van der Waals surface area (Å²) in [5.74, 6) is 0.111. The number of aromatic nitrogens is 1. The van der Waals surface area contributed by atoms with Crippen molar-refractivity contribution in [1.29, 1.82) is 0 Å². The lowest BCUT2D eigenvalue weighted by molar-refractivity contribution is -0.880. The minimum absolute atomic E-state index is 0.133. The van der Waals surface area contributed by atoms with Crippen LogP contribution in [0.1, 0.15) is 12.8 Å². The molecular weight excluding hydrogens is 300 g/mol. The number of oxazole rings is 1. The van der Waals surface area contributed by atoms with Crippen molar-refractivity contribution in [3.05, 3.63) is 24.3 Å². The molecule has 2 heterocycles. The van der Waals surface area contributed by atoms with E-state index in [0.717, 1.165) is 42.7 Å². The van der Waals surface area contributed by atoms with Crippen LogP contribution in [0.4, 0.5) is 0 Å². The van der Waals surface area contributed by atoms with Gasteiger partial charge in [-0.05, 0) is 12.1 Å². The first-order valence-electron chi connectivity index (χ1n) is 7.34. The zero-order valence-electron chi connectivity index (χ0n) is 12.5. The highest BCUT2D eigenvalue weighted by molar-refractivity contribution is 7.99. The van der Waals surface area contributed by atoms with Gasteiger partial charge in [0.05, 0.1) is 25.9 Å². The Morgan fingerprint density at radius 3 is 2.95 bits per heavy atom. The molecule has 1 aliphatic heterocycles. The fourth-order valence-electron chi connectivity index (χ4n) is 2.29. The molecule has 1 aromatic heterocycles. The minimum atomic E-state index is -0.133. The second kappa shape index (κ2) is 6.93. The third kappa shape index (κ3) is 3.86. The van der Waals surface area contributed by atoms with Crippen molar-refractivity contribution < 1.29 is 14.1 Å². The number of piperidine rings is 1. The van der Waals surface area contributed by atoms with Gasteiger partial charge in [-0.1, -0.05) is 23.9 Å². The fourth-order valence-corrected chi connectivity index (χ4v) is 2.92. The van der Waals surface area contributed by atoms with Gasteiger partial charge in [0, 0.05) is 18.6 Å². The van der Waals surface area contributed by atoms with Gasteiger partial charge in [-0.3, -0.25) is 4.79 Å².